The van der Waals surface area contributed by atoms with E-state index in [0.29, 0.717) is 5.13 Å². The Morgan fingerprint density at radius 1 is 1.25 bits per heavy atom. The smallest absolute Gasteiger partial charge is 0.228 e. The molecule has 1 aliphatic heterocycles. The number of nitrogens with one attached hydrogen (secondary N) is 1. The molecule has 1 fully saturated rings. The molecule has 1 aromatic heterocycles. The Kier molecular flexibility index (Phi) is 5.96. The van der Waals surface area contributed by atoms with E-state index in [1.165, 1.54) is 30.6 Å². The van der Waals surface area contributed by atoms with E-state index >= 15 is 0 Å². The highest BCUT2D eigenvalue weighted by Crippen LogP contribution is 2.20. The number of hydrogen-bond acceptors (Lipinski definition) is 5. The summed E-state index contributed by atoms with van der Waals surface area (Å²) in [7, 11) is 0. The normalized spacial score (nSPS) is 16.7. The van der Waals surface area contributed by atoms with Gasteiger partial charge < -0.3 is 11.1 Å². The van der Waals surface area contributed by atoms with E-state index in [-0.39, 0.29) is 18.4 Å². The van der Waals surface area contributed by atoms with Crippen LogP contribution in [0, 0.1) is 0 Å². The van der Waals surface area contributed by atoms with Crippen LogP contribution in [0.5, 0.6) is 0 Å². The Labute approximate surface area is 146 Å². The van der Waals surface area contributed by atoms with E-state index in [1.807, 2.05) is 35.7 Å². The van der Waals surface area contributed by atoms with Crippen molar-refractivity contribution >= 4 is 22.4 Å². The molecule has 0 spiro atoms. The Balaban J connectivity index is 1.49. The van der Waals surface area contributed by atoms with Crippen molar-refractivity contribution < 1.29 is 4.79 Å². The van der Waals surface area contributed by atoms with Crippen LogP contribution in [0.1, 0.15) is 43.0 Å². The van der Waals surface area contributed by atoms with Crippen LogP contribution in [-0.4, -0.2) is 28.9 Å². The van der Waals surface area contributed by atoms with Gasteiger partial charge >= 0.3 is 0 Å². The number of hydrogen-bond donors (Lipinski definition) is 2. The molecule has 3 rings (SSSR count). The first-order valence-corrected chi connectivity index (χ1v) is 9.36. The maximum atomic E-state index is 12.2. The number of likely N-dealkylation sites (tertiary alicyclic amines) is 1. The summed E-state index contributed by atoms with van der Waals surface area (Å²) in [6, 6.07) is 9.40. The SMILES string of the molecule is NC(CC(=O)Nc1nc(CN2CCCCC2)cs1)c1ccccc1. The van der Waals surface area contributed by atoms with Crippen LogP contribution in [0.15, 0.2) is 35.7 Å². The topological polar surface area (TPSA) is 71.2 Å². The van der Waals surface area contributed by atoms with Crippen molar-refractivity contribution in [3.05, 3.63) is 47.0 Å². The molecule has 0 radical (unpaired) electrons. The first kappa shape index (κ1) is 17.1. The molecule has 128 valence electrons. The van der Waals surface area contributed by atoms with Crippen molar-refractivity contribution in [1.82, 2.24) is 9.88 Å². The molecule has 2 heterocycles. The van der Waals surface area contributed by atoms with Crippen LogP contribution in [-0.2, 0) is 11.3 Å². The number of amides is 1. The quantitative estimate of drug-likeness (QED) is 0.844. The van der Waals surface area contributed by atoms with Gasteiger partial charge in [-0.1, -0.05) is 36.8 Å². The third-order valence-corrected chi connectivity index (χ3v) is 5.07. The van der Waals surface area contributed by atoms with E-state index in [4.69, 9.17) is 5.73 Å². The average molecular weight is 344 g/mol. The number of carbonyl (C=O) groups excluding carboxylic acids is 1. The molecule has 1 saturated heterocycles. The van der Waals surface area contributed by atoms with E-state index in [2.05, 4.69) is 15.2 Å². The lowest BCUT2D eigenvalue weighted by Gasteiger charge is -2.25. The third kappa shape index (κ3) is 4.87. The summed E-state index contributed by atoms with van der Waals surface area (Å²) < 4.78 is 0. The minimum Gasteiger partial charge on any atom is -0.324 e. The molecule has 1 aliphatic rings. The zero-order valence-corrected chi connectivity index (χ0v) is 14.6. The predicted molar refractivity (Wildman–Crippen MR) is 97.9 cm³/mol. The summed E-state index contributed by atoms with van der Waals surface area (Å²) >= 11 is 1.48. The first-order valence-electron chi connectivity index (χ1n) is 8.48. The van der Waals surface area contributed by atoms with Crippen LogP contribution in [0.3, 0.4) is 0 Å². The summed E-state index contributed by atoms with van der Waals surface area (Å²) in [6.07, 6.45) is 4.12. The highest BCUT2D eigenvalue weighted by atomic mass is 32.1. The van der Waals surface area contributed by atoms with Gasteiger partial charge in [-0.25, -0.2) is 4.98 Å². The fourth-order valence-electron chi connectivity index (χ4n) is 2.97. The molecule has 0 aliphatic carbocycles. The van der Waals surface area contributed by atoms with E-state index < -0.39 is 0 Å². The summed E-state index contributed by atoms with van der Waals surface area (Å²) in [6.45, 7) is 3.16. The Morgan fingerprint density at radius 3 is 2.75 bits per heavy atom. The fourth-order valence-corrected chi connectivity index (χ4v) is 3.69. The third-order valence-electron chi connectivity index (χ3n) is 4.27. The van der Waals surface area contributed by atoms with Crippen molar-refractivity contribution in [3.8, 4) is 0 Å². The van der Waals surface area contributed by atoms with Gasteiger partial charge in [-0.05, 0) is 31.5 Å². The number of aromatic nitrogens is 1. The van der Waals surface area contributed by atoms with Gasteiger partial charge in [0.1, 0.15) is 0 Å². The lowest BCUT2D eigenvalue weighted by atomic mass is 10.0. The number of carbonyl (C=O) groups is 1. The summed E-state index contributed by atoms with van der Waals surface area (Å²) in [5.74, 6) is -0.0924. The maximum Gasteiger partial charge on any atom is 0.228 e. The lowest BCUT2D eigenvalue weighted by molar-refractivity contribution is -0.116. The second-order valence-corrected chi connectivity index (χ2v) is 7.11. The molecule has 1 unspecified atom stereocenters. The fraction of sp³-hybridized carbons (Fsp3) is 0.444. The summed E-state index contributed by atoms with van der Waals surface area (Å²) in [5, 5.41) is 5.56. The Morgan fingerprint density at radius 2 is 2.00 bits per heavy atom. The monoisotopic (exact) mass is 344 g/mol. The minimum absolute atomic E-state index is 0.0924. The van der Waals surface area contributed by atoms with Gasteiger partial charge in [-0.2, -0.15) is 0 Å². The molecule has 1 atom stereocenters. The zero-order chi connectivity index (χ0) is 16.8. The van der Waals surface area contributed by atoms with Gasteiger partial charge in [-0.15, -0.1) is 11.3 Å². The van der Waals surface area contributed by atoms with Crippen LogP contribution in [0.25, 0.3) is 0 Å². The zero-order valence-electron chi connectivity index (χ0n) is 13.8. The number of rotatable bonds is 6. The molecule has 5 nitrogen and oxygen atoms in total. The second kappa shape index (κ2) is 8.37. The standard InChI is InChI=1S/C18H24N4OS/c19-16(14-7-3-1-4-8-14)11-17(23)21-18-20-15(13-24-18)12-22-9-5-2-6-10-22/h1,3-4,7-8,13,16H,2,5-6,9-12,19H2,(H,20,21,23). The largest absolute Gasteiger partial charge is 0.324 e. The number of benzene rings is 1. The van der Waals surface area contributed by atoms with Gasteiger partial charge in [0.05, 0.1) is 5.69 Å². The molecular formula is C18H24N4OS. The molecule has 1 amide bonds. The molecule has 2 aromatic rings. The number of nitrogens with two attached hydrogens (primary N) is 1. The van der Waals surface area contributed by atoms with Crippen molar-refractivity contribution in [2.45, 2.75) is 38.3 Å². The Bertz CT molecular complexity index is 652. The highest BCUT2D eigenvalue weighted by molar-refractivity contribution is 7.13. The number of piperidine rings is 1. The van der Waals surface area contributed by atoms with Gasteiger partial charge in [-0.3, -0.25) is 9.69 Å². The number of thiazole rings is 1. The molecule has 0 saturated carbocycles. The number of nitrogens with zero attached hydrogens (tertiary/aromatic N) is 2. The van der Waals surface area contributed by atoms with Crippen LogP contribution in [0.2, 0.25) is 0 Å². The molecule has 3 N–H and O–H groups in total. The van der Waals surface area contributed by atoms with Crippen molar-refractivity contribution in [1.29, 1.82) is 0 Å². The van der Waals surface area contributed by atoms with Crippen molar-refractivity contribution in [3.63, 3.8) is 0 Å². The average Bonchev–Trinajstić information content (AvgIpc) is 3.03. The van der Waals surface area contributed by atoms with E-state index in [9.17, 15) is 4.79 Å². The van der Waals surface area contributed by atoms with Crippen LogP contribution < -0.4 is 11.1 Å². The molecule has 0 bridgehead atoms. The molecule has 24 heavy (non-hydrogen) atoms. The van der Waals surface area contributed by atoms with Crippen LogP contribution >= 0.6 is 11.3 Å². The Hall–Kier alpha value is -1.76. The van der Waals surface area contributed by atoms with Crippen LogP contribution in [0.4, 0.5) is 5.13 Å². The lowest BCUT2D eigenvalue weighted by Crippen LogP contribution is -2.29. The van der Waals surface area contributed by atoms with Crippen molar-refractivity contribution in [2.24, 2.45) is 5.73 Å². The predicted octanol–water partition coefficient (Wildman–Crippen LogP) is 3.16. The maximum absolute atomic E-state index is 12.2. The van der Waals surface area contributed by atoms with Gasteiger partial charge in [0, 0.05) is 24.4 Å². The summed E-state index contributed by atoms with van der Waals surface area (Å²) in [4.78, 5) is 19.1. The summed E-state index contributed by atoms with van der Waals surface area (Å²) in [5.41, 5.74) is 8.10. The molecule has 6 heteroatoms. The minimum atomic E-state index is -0.293. The van der Waals surface area contributed by atoms with Crippen molar-refractivity contribution in [2.75, 3.05) is 18.4 Å². The van der Waals surface area contributed by atoms with Gasteiger partial charge in [0.2, 0.25) is 5.91 Å². The van der Waals surface area contributed by atoms with E-state index in [0.717, 1.165) is 30.9 Å². The van der Waals surface area contributed by atoms with Gasteiger partial charge in [0.25, 0.3) is 0 Å². The highest BCUT2D eigenvalue weighted by Gasteiger charge is 2.15. The second-order valence-electron chi connectivity index (χ2n) is 6.25. The molecule has 1 aromatic carbocycles. The van der Waals surface area contributed by atoms with Gasteiger partial charge in [0.15, 0.2) is 5.13 Å². The number of anilines is 1. The molecular weight excluding hydrogens is 320 g/mol. The van der Waals surface area contributed by atoms with E-state index in [1.54, 1.807) is 0 Å². The first-order chi connectivity index (χ1) is 11.7.